The number of hydrogen-bond donors (Lipinski definition) is 1. The van der Waals surface area contributed by atoms with E-state index in [-0.39, 0.29) is 11.1 Å². The van der Waals surface area contributed by atoms with Gasteiger partial charge in [-0.05, 0) is 35.2 Å². The van der Waals surface area contributed by atoms with Gasteiger partial charge in [-0.3, -0.25) is 4.79 Å². The van der Waals surface area contributed by atoms with Crippen LogP contribution in [0.4, 0.5) is 0 Å². The van der Waals surface area contributed by atoms with Crippen LogP contribution in [-0.4, -0.2) is 15.6 Å². The summed E-state index contributed by atoms with van der Waals surface area (Å²) in [4.78, 5) is 25.1. The molecule has 0 saturated heterocycles. The fourth-order valence-corrected chi connectivity index (χ4v) is 3.79. The highest BCUT2D eigenvalue weighted by Crippen LogP contribution is 2.30. The third-order valence-corrected chi connectivity index (χ3v) is 5.45. The van der Waals surface area contributed by atoms with Gasteiger partial charge in [0.05, 0.1) is 12.1 Å². The number of nitrogens with zero attached hydrogens (tertiary/aromatic N) is 1. The van der Waals surface area contributed by atoms with Crippen molar-refractivity contribution >= 4 is 18.1 Å². The van der Waals surface area contributed by atoms with E-state index in [1.165, 1.54) is 0 Å². The van der Waals surface area contributed by atoms with E-state index in [1.54, 1.807) is 35.9 Å². The van der Waals surface area contributed by atoms with Crippen molar-refractivity contribution in [3.63, 3.8) is 0 Å². The van der Waals surface area contributed by atoms with Crippen molar-refractivity contribution in [1.82, 2.24) is 4.57 Å². The van der Waals surface area contributed by atoms with Crippen molar-refractivity contribution in [3.05, 3.63) is 129 Å². The van der Waals surface area contributed by atoms with Gasteiger partial charge in [-0.1, -0.05) is 91.0 Å². The first-order valence-electron chi connectivity index (χ1n) is 10.4. The van der Waals surface area contributed by atoms with E-state index in [9.17, 15) is 14.7 Å². The summed E-state index contributed by atoms with van der Waals surface area (Å²) in [6.07, 6.45) is 5.61. The van der Waals surface area contributed by atoms with Crippen LogP contribution in [0.2, 0.25) is 0 Å². The number of carbonyl (C=O) groups is 1. The Morgan fingerprint density at radius 3 is 2.16 bits per heavy atom. The van der Waals surface area contributed by atoms with E-state index in [2.05, 4.69) is 0 Å². The quantitative estimate of drug-likeness (QED) is 0.432. The summed E-state index contributed by atoms with van der Waals surface area (Å²) in [6, 6.07) is 26.4. The SMILES string of the molecule is Cc1c(/C=C/c2ccccc2)c(-c2ccccc2C(=O)O)cn(Cc2ccccc2)c1=O. The summed E-state index contributed by atoms with van der Waals surface area (Å²) in [5.74, 6) is -1.00. The highest BCUT2D eigenvalue weighted by Gasteiger charge is 2.17. The van der Waals surface area contributed by atoms with Crippen molar-refractivity contribution in [2.75, 3.05) is 0 Å². The van der Waals surface area contributed by atoms with E-state index in [0.717, 1.165) is 16.7 Å². The van der Waals surface area contributed by atoms with Crippen molar-refractivity contribution in [3.8, 4) is 11.1 Å². The first kappa shape index (κ1) is 21.1. The van der Waals surface area contributed by atoms with Crippen LogP contribution in [0.1, 0.15) is 32.6 Å². The molecule has 0 unspecified atom stereocenters. The van der Waals surface area contributed by atoms with E-state index in [1.807, 2.05) is 78.9 Å². The molecular formula is C28H23NO3. The van der Waals surface area contributed by atoms with Crippen molar-refractivity contribution in [2.24, 2.45) is 0 Å². The molecule has 4 rings (SSSR count). The predicted molar refractivity (Wildman–Crippen MR) is 129 cm³/mol. The molecule has 0 aliphatic carbocycles. The Morgan fingerprint density at radius 1 is 0.844 bits per heavy atom. The summed E-state index contributed by atoms with van der Waals surface area (Å²) in [5.41, 5.74) is 4.68. The maximum absolute atomic E-state index is 13.2. The molecule has 0 bridgehead atoms. The van der Waals surface area contributed by atoms with Gasteiger partial charge in [-0.15, -0.1) is 0 Å². The molecule has 32 heavy (non-hydrogen) atoms. The molecule has 1 aromatic heterocycles. The zero-order valence-electron chi connectivity index (χ0n) is 17.7. The lowest BCUT2D eigenvalue weighted by Gasteiger charge is -2.16. The van der Waals surface area contributed by atoms with Crippen LogP contribution in [0.3, 0.4) is 0 Å². The van der Waals surface area contributed by atoms with Crippen molar-refractivity contribution in [2.45, 2.75) is 13.5 Å². The number of aromatic carboxylic acids is 1. The first-order chi connectivity index (χ1) is 15.5. The Hall–Kier alpha value is -4.18. The van der Waals surface area contributed by atoms with Crippen LogP contribution in [0.25, 0.3) is 23.3 Å². The molecule has 0 aliphatic heterocycles. The molecule has 0 saturated carbocycles. The second kappa shape index (κ2) is 9.31. The summed E-state index contributed by atoms with van der Waals surface area (Å²) in [7, 11) is 0. The van der Waals surface area contributed by atoms with Gasteiger partial charge >= 0.3 is 5.97 Å². The zero-order valence-corrected chi connectivity index (χ0v) is 17.7. The molecule has 3 aromatic carbocycles. The first-order valence-corrected chi connectivity index (χ1v) is 10.4. The molecule has 1 heterocycles. The minimum atomic E-state index is -1.00. The van der Waals surface area contributed by atoms with Crippen LogP contribution in [0.5, 0.6) is 0 Å². The fraction of sp³-hybridized carbons (Fsp3) is 0.0714. The molecule has 0 atom stereocenters. The van der Waals surface area contributed by atoms with Crippen molar-refractivity contribution in [1.29, 1.82) is 0 Å². The highest BCUT2D eigenvalue weighted by molar-refractivity contribution is 5.97. The number of carboxylic acids is 1. The Bertz CT molecular complexity index is 1340. The lowest BCUT2D eigenvalue weighted by molar-refractivity contribution is 0.0697. The van der Waals surface area contributed by atoms with Crippen LogP contribution in [-0.2, 0) is 6.54 Å². The van der Waals surface area contributed by atoms with Crippen LogP contribution in [0, 0.1) is 6.92 Å². The Labute approximate surface area is 186 Å². The number of benzene rings is 3. The third-order valence-electron chi connectivity index (χ3n) is 5.45. The molecule has 0 amide bonds. The highest BCUT2D eigenvalue weighted by atomic mass is 16.4. The van der Waals surface area contributed by atoms with E-state index < -0.39 is 5.97 Å². The molecule has 158 valence electrons. The Balaban J connectivity index is 1.92. The minimum Gasteiger partial charge on any atom is -0.478 e. The zero-order chi connectivity index (χ0) is 22.5. The summed E-state index contributed by atoms with van der Waals surface area (Å²) >= 11 is 0. The predicted octanol–water partition coefficient (Wildman–Crippen LogP) is 5.74. The normalized spacial score (nSPS) is 11.0. The number of rotatable bonds is 6. The summed E-state index contributed by atoms with van der Waals surface area (Å²) in [6.45, 7) is 2.20. The van der Waals surface area contributed by atoms with E-state index >= 15 is 0 Å². The van der Waals surface area contributed by atoms with Gasteiger partial charge < -0.3 is 9.67 Å². The van der Waals surface area contributed by atoms with Crippen molar-refractivity contribution < 1.29 is 9.90 Å². The second-order valence-electron chi connectivity index (χ2n) is 7.59. The standard InChI is InChI=1S/C28H23NO3/c1-20-23(17-16-21-10-4-2-5-11-21)26(24-14-8-9-15-25(24)28(31)32)19-29(27(20)30)18-22-12-6-3-7-13-22/h2-17,19H,18H2,1H3,(H,31,32)/b17-16+. The fourth-order valence-electron chi connectivity index (χ4n) is 3.79. The summed E-state index contributed by atoms with van der Waals surface area (Å²) < 4.78 is 1.65. The molecule has 0 fully saturated rings. The molecular weight excluding hydrogens is 398 g/mol. The lowest BCUT2D eigenvalue weighted by Crippen LogP contribution is -2.24. The van der Waals surface area contributed by atoms with Gasteiger partial charge in [-0.25, -0.2) is 4.79 Å². The lowest BCUT2D eigenvalue weighted by atomic mass is 9.93. The van der Waals surface area contributed by atoms with Gasteiger partial charge in [0.2, 0.25) is 0 Å². The average Bonchev–Trinajstić information content (AvgIpc) is 2.82. The van der Waals surface area contributed by atoms with Crippen LogP contribution >= 0.6 is 0 Å². The Morgan fingerprint density at radius 2 is 1.47 bits per heavy atom. The molecule has 0 spiro atoms. The topological polar surface area (TPSA) is 59.3 Å². The molecule has 4 nitrogen and oxygen atoms in total. The maximum Gasteiger partial charge on any atom is 0.336 e. The third kappa shape index (κ3) is 4.44. The smallest absolute Gasteiger partial charge is 0.336 e. The van der Waals surface area contributed by atoms with E-state index in [4.69, 9.17) is 0 Å². The maximum atomic E-state index is 13.2. The molecule has 4 heteroatoms. The van der Waals surface area contributed by atoms with Crippen LogP contribution in [0.15, 0.2) is 95.9 Å². The van der Waals surface area contributed by atoms with Crippen LogP contribution < -0.4 is 5.56 Å². The number of carboxylic acid groups (broad SMARTS) is 1. The molecule has 1 N–H and O–H groups in total. The summed E-state index contributed by atoms with van der Waals surface area (Å²) in [5, 5.41) is 9.77. The van der Waals surface area contributed by atoms with Gasteiger partial charge in [0.15, 0.2) is 0 Å². The van der Waals surface area contributed by atoms with Gasteiger partial charge in [0.25, 0.3) is 5.56 Å². The molecule has 4 aromatic rings. The number of hydrogen-bond acceptors (Lipinski definition) is 2. The monoisotopic (exact) mass is 421 g/mol. The number of aromatic nitrogens is 1. The largest absolute Gasteiger partial charge is 0.478 e. The average molecular weight is 421 g/mol. The van der Waals surface area contributed by atoms with Gasteiger partial charge in [0.1, 0.15) is 0 Å². The Kier molecular flexibility index (Phi) is 6.13. The van der Waals surface area contributed by atoms with Gasteiger partial charge in [0, 0.05) is 17.3 Å². The second-order valence-corrected chi connectivity index (χ2v) is 7.59. The minimum absolute atomic E-state index is 0.0990. The molecule has 0 aliphatic rings. The number of pyridine rings is 1. The molecule has 0 radical (unpaired) electrons. The van der Waals surface area contributed by atoms with Gasteiger partial charge in [-0.2, -0.15) is 0 Å². The van der Waals surface area contributed by atoms with E-state index in [0.29, 0.717) is 23.2 Å².